The second-order valence-corrected chi connectivity index (χ2v) is 5.82. The van der Waals surface area contributed by atoms with Gasteiger partial charge in [0.25, 0.3) is 0 Å². The predicted molar refractivity (Wildman–Crippen MR) is 84.5 cm³/mol. The molecule has 2 N–H and O–H groups in total. The number of ether oxygens (including phenoxy) is 2. The van der Waals surface area contributed by atoms with Crippen LogP contribution in [0, 0.1) is 11.8 Å². The van der Waals surface area contributed by atoms with E-state index in [4.69, 9.17) is 9.47 Å². The third-order valence-electron chi connectivity index (χ3n) is 4.12. The molecule has 2 amide bonds. The van der Waals surface area contributed by atoms with Crippen molar-refractivity contribution in [2.75, 3.05) is 40.5 Å². The number of carbonyl (C=O) groups is 2. The summed E-state index contributed by atoms with van der Waals surface area (Å²) in [4.78, 5) is 24.0. The molecular weight excluding hydrogens is 284 g/mol. The fourth-order valence-electron chi connectivity index (χ4n) is 2.76. The molecule has 0 saturated heterocycles. The van der Waals surface area contributed by atoms with Crippen molar-refractivity contribution < 1.29 is 19.1 Å². The maximum absolute atomic E-state index is 12.0. The summed E-state index contributed by atoms with van der Waals surface area (Å²) in [6.07, 6.45) is 4.86. The molecule has 1 aliphatic rings. The van der Waals surface area contributed by atoms with E-state index in [1.54, 1.807) is 14.2 Å². The fourth-order valence-corrected chi connectivity index (χ4v) is 2.76. The van der Waals surface area contributed by atoms with Gasteiger partial charge in [0.2, 0.25) is 11.8 Å². The van der Waals surface area contributed by atoms with Crippen molar-refractivity contribution in [3.63, 3.8) is 0 Å². The lowest BCUT2D eigenvalue weighted by molar-refractivity contribution is -0.130. The molecule has 1 rings (SSSR count). The van der Waals surface area contributed by atoms with Crippen LogP contribution in [-0.2, 0) is 19.1 Å². The SMILES string of the molecule is COCCCNC(=O)C1CCC(C(=O)NCCCOC)CC1. The van der Waals surface area contributed by atoms with E-state index in [-0.39, 0.29) is 23.7 Å². The predicted octanol–water partition coefficient (Wildman–Crippen LogP) is 1.10. The van der Waals surface area contributed by atoms with Gasteiger partial charge in [0.1, 0.15) is 0 Å². The average molecular weight is 314 g/mol. The minimum absolute atomic E-state index is 0.0556. The van der Waals surface area contributed by atoms with Gasteiger partial charge in [-0.3, -0.25) is 9.59 Å². The molecule has 0 bridgehead atoms. The molecular formula is C16H30N2O4. The Hall–Kier alpha value is -1.14. The lowest BCUT2D eigenvalue weighted by atomic mass is 9.81. The van der Waals surface area contributed by atoms with Crippen LogP contribution in [0.2, 0.25) is 0 Å². The highest BCUT2D eigenvalue weighted by atomic mass is 16.5. The van der Waals surface area contributed by atoms with Crippen molar-refractivity contribution in [2.45, 2.75) is 38.5 Å². The average Bonchev–Trinajstić information content (AvgIpc) is 2.55. The summed E-state index contributed by atoms with van der Waals surface area (Å²) >= 11 is 0. The Morgan fingerprint density at radius 3 is 1.50 bits per heavy atom. The normalized spacial score (nSPS) is 21.4. The Kier molecular flexibility index (Phi) is 9.82. The minimum Gasteiger partial charge on any atom is -0.385 e. The van der Waals surface area contributed by atoms with Crippen LogP contribution >= 0.6 is 0 Å². The molecule has 0 aromatic carbocycles. The molecule has 0 radical (unpaired) electrons. The van der Waals surface area contributed by atoms with Crippen molar-refractivity contribution in [3.05, 3.63) is 0 Å². The smallest absolute Gasteiger partial charge is 0.223 e. The molecule has 6 nitrogen and oxygen atoms in total. The molecule has 22 heavy (non-hydrogen) atoms. The van der Waals surface area contributed by atoms with Gasteiger partial charge in [-0.15, -0.1) is 0 Å². The molecule has 0 spiro atoms. The van der Waals surface area contributed by atoms with E-state index in [9.17, 15) is 9.59 Å². The summed E-state index contributed by atoms with van der Waals surface area (Å²) in [5.74, 6) is 0.352. The topological polar surface area (TPSA) is 76.7 Å². The molecule has 6 heteroatoms. The molecule has 0 unspecified atom stereocenters. The van der Waals surface area contributed by atoms with Crippen LogP contribution in [0.25, 0.3) is 0 Å². The van der Waals surface area contributed by atoms with Crippen molar-refractivity contribution in [1.29, 1.82) is 0 Å². The third kappa shape index (κ3) is 7.22. The van der Waals surface area contributed by atoms with Crippen LogP contribution < -0.4 is 10.6 Å². The van der Waals surface area contributed by atoms with Crippen LogP contribution in [0.15, 0.2) is 0 Å². The monoisotopic (exact) mass is 314 g/mol. The lowest BCUT2D eigenvalue weighted by Crippen LogP contribution is -2.38. The number of methoxy groups -OCH3 is 2. The zero-order valence-corrected chi connectivity index (χ0v) is 13.9. The Bertz CT molecular complexity index is 296. The first-order valence-electron chi connectivity index (χ1n) is 8.22. The van der Waals surface area contributed by atoms with Crippen LogP contribution in [0.3, 0.4) is 0 Å². The van der Waals surface area contributed by atoms with Gasteiger partial charge in [-0.25, -0.2) is 0 Å². The highest BCUT2D eigenvalue weighted by Gasteiger charge is 2.29. The molecule has 1 aliphatic carbocycles. The molecule has 0 aromatic rings. The quantitative estimate of drug-likeness (QED) is 0.592. The Morgan fingerprint density at radius 1 is 0.818 bits per heavy atom. The van der Waals surface area contributed by atoms with Gasteiger partial charge in [0.15, 0.2) is 0 Å². The molecule has 1 fully saturated rings. The van der Waals surface area contributed by atoms with E-state index in [1.165, 1.54) is 0 Å². The maximum Gasteiger partial charge on any atom is 0.223 e. The van der Waals surface area contributed by atoms with Gasteiger partial charge in [-0.05, 0) is 38.5 Å². The number of carbonyl (C=O) groups excluding carboxylic acids is 2. The van der Waals surface area contributed by atoms with Crippen LogP contribution in [0.4, 0.5) is 0 Å². The van der Waals surface area contributed by atoms with E-state index >= 15 is 0 Å². The zero-order chi connectivity index (χ0) is 16.2. The molecule has 0 aliphatic heterocycles. The van der Waals surface area contributed by atoms with Crippen molar-refractivity contribution >= 4 is 11.8 Å². The molecule has 0 atom stereocenters. The van der Waals surface area contributed by atoms with Gasteiger partial charge in [0.05, 0.1) is 0 Å². The molecule has 0 heterocycles. The molecule has 1 saturated carbocycles. The Balaban J connectivity index is 2.16. The number of amides is 2. The van der Waals surface area contributed by atoms with Gasteiger partial charge >= 0.3 is 0 Å². The number of hydrogen-bond acceptors (Lipinski definition) is 4. The van der Waals surface area contributed by atoms with Crippen LogP contribution in [0.5, 0.6) is 0 Å². The summed E-state index contributed by atoms with van der Waals surface area (Å²) in [6.45, 7) is 2.64. The second kappa shape index (κ2) is 11.4. The number of rotatable bonds is 10. The summed E-state index contributed by atoms with van der Waals surface area (Å²) in [7, 11) is 3.31. The molecule has 0 aromatic heterocycles. The summed E-state index contributed by atoms with van der Waals surface area (Å²) in [5, 5.41) is 5.89. The van der Waals surface area contributed by atoms with E-state index in [2.05, 4.69) is 10.6 Å². The summed E-state index contributed by atoms with van der Waals surface area (Å²) in [5.41, 5.74) is 0. The lowest BCUT2D eigenvalue weighted by Gasteiger charge is -2.27. The summed E-state index contributed by atoms with van der Waals surface area (Å²) in [6, 6.07) is 0. The van der Waals surface area contributed by atoms with Gasteiger partial charge in [0, 0.05) is 52.4 Å². The van der Waals surface area contributed by atoms with Crippen molar-refractivity contribution in [3.8, 4) is 0 Å². The van der Waals surface area contributed by atoms with E-state index in [0.29, 0.717) is 26.3 Å². The van der Waals surface area contributed by atoms with Gasteiger partial charge in [-0.1, -0.05) is 0 Å². The first kappa shape index (κ1) is 18.9. The van der Waals surface area contributed by atoms with Crippen molar-refractivity contribution in [2.24, 2.45) is 11.8 Å². The largest absolute Gasteiger partial charge is 0.385 e. The standard InChI is InChI=1S/C16H30N2O4/c1-21-11-3-9-17-15(19)13-5-7-14(8-6-13)16(20)18-10-4-12-22-2/h13-14H,3-12H2,1-2H3,(H,17,19)(H,18,20). The Morgan fingerprint density at radius 2 is 1.18 bits per heavy atom. The Labute approximate surface area is 133 Å². The third-order valence-corrected chi connectivity index (χ3v) is 4.12. The van der Waals surface area contributed by atoms with E-state index < -0.39 is 0 Å². The number of nitrogens with one attached hydrogen (secondary N) is 2. The maximum atomic E-state index is 12.0. The van der Waals surface area contributed by atoms with Gasteiger partial charge in [-0.2, -0.15) is 0 Å². The van der Waals surface area contributed by atoms with E-state index in [0.717, 1.165) is 38.5 Å². The zero-order valence-electron chi connectivity index (χ0n) is 13.9. The van der Waals surface area contributed by atoms with Crippen LogP contribution in [-0.4, -0.2) is 52.3 Å². The number of hydrogen-bond donors (Lipinski definition) is 2. The highest BCUT2D eigenvalue weighted by molar-refractivity contribution is 5.81. The second-order valence-electron chi connectivity index (χ2n) is 5.82. The highest BCUT2D eigenvalue weighted by Crippen LogP contribution is 2.29. The summed E-state index contributed by atoms with van der Waals surface area (Å²) < 4.78 is 9.91. The van der Waals surface area contributed by atoms with E-state index in [1.807, 2.05) is 0 Å². The van der Waals surface area contributed by atoms with Crippen LogP contribution in [0.1, 0.15) is 38.5 Å². The minimum atomic E-state index is 0.0556. The first-order chi connectivity index (χ1) is 10.7. The van der Waals surface area contributed by atoms with Crippen molar-refractivity contribution in [1.82, 2.24) is 10.6 Å². The first-order valence-corrected chi connectivity index (χ1v) is 8.22. The fraction of sp³-hybridized carbons (Fsp3) is 0.875. The molecule has 128 valence electrons. The van der Waals surface area contributed by atoms with Gasteiger partial charge < -0.3 is 20.1 Å².